The van der Waals surface area contributed by atoms with Crippen molar-refractivity contribution in [2.24, 2.45) is 0 Å². The first-order valence-corrected chi connectivity index (χ1v) is 12.1. The van der Waals surface area contributed by atoms with Crippen LogP contribution in [0, 0.1) is 0 Å². The minimum absolute atomic E-state index is 0.0471. The average molecular weight is 412 g/mol. The van der Waals surface area contributed by atoms with Gasteiger partial charge in [-0.25, -0.2) is 13.1 Å². The van der Waals surface area contributed by atoms with Crippen molar-refractivity contribution in [1.29, 1.82) is 0 Å². The molecule has 0 radical (unpaired) electrons. The molecule has 0 amide bonds. The van der Waals surface area contributed by atoms with Gasteiger partial charge in [-0.15, -0.1) is 0 Å². The number of sulfonamides is 1. The first kappa shape index (κ1) is 20.5. The summed E-state index contributed by atoms with van der Waals surface area (Å²) in [6, 6.07) is 4.98. The summed E-state index contributed by atoms with van der Waals surface area (Å²) in [5.74, 6) is 0. The molecule has 27 heavy (non-hydrogen) atoms. The zero-order valence-electron chi connectivity index (χ0n) is 16.1. The Morgan fingerprint density at radius 2 is 1.85 bits per heavy atom. The van der Waals surface area contributed by atoms with Crippen LogP contribution < -0.4 is 9.60 Å². The molecular formula is C19H29N3O3S2. The van der Waals surface area contributed by atoms with E-state index in [9.17, 15) is 13.2 Å². The van der Waals surface area contributed by atoms with Gasteiger partial charge in [-0.1, -0.05) is 24.2 Å². The first-order valence-electron chi connectivity index (χ1n) is 9.75. The van der Waals surface area contributed by atoms with E-state index >= 15 is 0 Å². The molecule has 0 aliphatic carbocycles. The van der Waals surface area contributed by atoms with Crippen LogP contribution in [0.4, 0.5) is 0 Å². The number of nitrogens with zero attached hydrogens (tertiary/aromatic N) is 2. The molecule has 1 aliphatic heterocycles. The van der Waals surface area contributed by atoms with Gasteiger partial charge in [0.15, 0.2) is 0 Å². The van der Waals surface area contributed by atoms with E-state index in [2.05, 4.69) is 9.62 Å². The van der Waals surface area contributed by atoms with Gasteiger partial charge in [0.05, 0.1) is 15.1 Å². The molecule has 1 aliphatic rings. The Morgan fingerprint density at radius 3 is 2.52 bits per heavy atom. The third-order valence-corrected chi connectivity index (χ3v) is 7.43. The smallest absolute Gasteiger partial charge is 0.303 e. The standard InChI is InChI=1S/C19H29N3O3S2/c1-15(2)22-17-9-8-16(14-18(17)26-19(22)23)27(24,25)20-10-7-13-21-11-5-3-4-6-12-21/h8-9,14-15,20H,3-7,10-13H2,1-2H3. The van der Waals surface area contributed by atoms with Crippen LogP contribution in [-0.2, 0) is 10.0 Å². The summed E-state index contributed by atoms with van der Waals surface area (Å²) in [6.07, 6.45) is 5.89. The first-order chi connectivity index (χ1) is 12.9. The lowest BCUT2D eigenvalue weighted by Crippen LogP contribution is -2.30. The van der Waals surface area contributed by atoms with Gasteiger partial charge in [0.2, 0.25) is 10.0 Å². The third-order valence-electron chi connectivity index (χ3n) is 5.05. The Balaban J connectivity index is 1.63. The highest BCUT2D eigenvalue weighted by Crippen LogP contribution is 2.24. The predicted octanol–water partition coefficient (Wildman–Crippen LogP) is 3.19. The van der Waals surface area contributed by atoms with E-state index in [1.807, 2.05) is 13.8 Å². The second kappa shape index (κ2) is 8.86. The van der Waals surface area contributed by atoms with Crippen LogP contribution in [0.2, 0.25) is 0 Å². The molecule has 6 nitrogen and oxygen atoms in total. The van der Waals surface area contributed by atoms with E-state index in [1.165, 1.54) is 25.7 Å². The van der Waals surface area contributed by atoms with Crippen LogP contribution in [0.5, 0.6) is 0 Å². The number of nitrogens with one attached hydrogen (secondary N) is 1. The summed E-state index contributed by atoms with van der Waals surface area (Å²) in [6.45, 7) is 7.50. The molecule has 1 aromatic carbocycles. The third kappa shape index (κ3) is 4.99. The molecule has 0 spiro atoms. The van der Waals surface area contributed by atoms with E-state index in [4.69, 9.17) is 0 Å². The van der Waals surface area contributed by atoms with Gasteiger partial charge < -0.3 is 4.90 Å². The molecule has 1 N–H and O–H groups in total. The lowest BCUT2D eigenvalue weighted by atomic mass is 10.2. The number of fused-ring (bicyclic) bond motifs is 1. The van der Waals surface area contributed by atoms with Crippen molar-refractivity contribution in [3.8, 4) is 0 Å². The zero-order valence-corrected chi connectivity index (χ0v) is 17.7. The average Bonchev–Trinajstić information content (AvgIpc) is 2.77. The number of rotatable bonds is 7. The van der Waals surface area contributed by atoms with Crippen LogP contribution in [0.3, 0.4) is 0 Å². The molecule has 1 saturated heterocycles. The predicted molar refractivity (Wildman–Crippen MR) is 111 cm³/mol. The second-order valence-electron chi connectivity index (χ2n) is 7.47. The van der Waals surface area contributed by atoms with E-state index in [0.29, 0.717) is 11.2 Å². The van der Waals surface area contributed by atoms with E-state index < -0.39 is 10.0 Å². The molecule has 0 saturated carbocycles. The highest BCUT2D eigenvalue weighted by atomic mass is 32.2. The minimum atomic E-state index is -3.56. The van der Waals surface area contributed by atoms with Crippen LogP contribution >= 0.6 is 11.3 Å². The van der Waals surface area contributed by atoms with E-state index in [0.717, 1.165) is 42.9 Å². The van der Waals surface area contributed by atoms with Gasteiger partial charge >= 0.3 is 4.87 Å². The molecule has 2 heterocycles. The number of hydrogen-bond acceptors (Lipinski definition) is 5. The molecule has 0 bridgehead atoms. The van der Waals surface area contributed by atoms with Crippen molar-refractivity contribution in [2.75, 3.05) is 26.2 Å². The Kier molecular flexibility index (Phi) is 6.73. The summed E-state index contributed by atoms with van der Waals surface area (Å²) in [7, 11) is -3.56. The highest BCUT2D eigenvalue weighted by Gasteiger charge is 2.17. The quantitative estimate of drug-likeness (QED) is 0.710. The van der Waals surface area contributed by atoms with E-state index in [1.54, 1.807) is 22.8 Å². The summed E-state index contributed by atoms with van der Waals surface area (Å²) < 4.78 is 30.3. The molecule has 8 heteroatoms. The van der Waals surface area contributed by atoms with Gasteiger partial charge in [0.1, 0.15) is 0 Å². The fourth-order valence-electron chi connectivity index (χ4n) is 3.63. The largest absolute Gasteiger partial charge is 0.308 e. The number of thiazole rings is 1. The zero-order chi connectivity index (χ0) is 19.4. The lowest BCUT2D eigenvalue weighted by Gasteiger charge is -2.19. The second-order valence-corrected chi connectivity index (χ2v) is 10.2. The van der Waals surface area contributed by atoms with Crippen molar-refractivity contribution in [1.82, 2.24) is 14.2 Å². The van der Waals surface area contributed by atoms with Crippen molar-refractivity contribution < 1.29 is 8.42 Å². The topological polar surface area (TPSA) is 71.4 Å². The molecule has 1 fully saturated rings. The monoisotopic (exact) mass is 411 g/mol. The Bertz CT molecular complexity index is 923. The van der Waals surface area contributed by atoms with Crippen molar-refractivity contribution in [2.45, 2.75) is 56.9 Å². The Labute approximate surface area is 165 Å². The van der Waals surface area contributed by atoms with E-state index in [-0.39, 0.29) is 15.8 Å². The number of hydrogen-bond donors (Lipinski definition) is 1. The van der Waals surface area contributed by atoms with Crippen LogP contribution in [-0.4, -0.2) is 44.1 Å². The van der Waals surface area contributed by atoms with Crippen LogP contribution in [0.1, 0.15) is 52.0 Å². The van der Waals surface area contributed by atoms with Gasteiger partial charge in [-0.05, 0) is 70.9 Å². The van der Waals surface area contributed by atoms with Crippen molar-refractivity contribution in [3.05, 3.63) is 27.9 Å². The van der Waals surface area contributed by atoms with Gasteiger partial charge in [0, 0.05) is 12.6 Å². The number of aromatic nitrogens is 1. The van der Waals surface area contributed by atoms with Crippen molar-refractivity contribution in [3.63, 3.8) is 0 Å². The molecule has 150 valence electrons. The highest BCUT2D eigenvalue weighted by molar-refractivity contribution is 7.89. The number of benzene rings is 1. The normalized spacial score (nSPS) is 16.9. The fourth-order valence-corrected chi connectivity index (χ4v) is 5.85. The van der Waals surface area contributed by atoms with Crippen LogP contribution in [0.15, 0.2) is 27.9 Å². The summed E-state index contributed by atoms with van der Waals surface area (Å²) in [5, 5.41) is 0. The molecule has 0 atom stereocenters. The lowest BCUT2D eigenvalue weighted by molar-refractivity contribution is 0.282. The van der Waals surface area contributed by atoms with Crippen molar-refractivity contribution >= 4 is 31.6 Å². The maximum absolute atomic E-state index is 12.6. The minimum Gasteiger partial charge on any atom is -0.303 e. The molecule has 0 unspecified atom stereocenters. The molecule has 3 rings (SSSR count). The summed E-state index contributed by atoms with van der Waals surface area (Å²) in [4.78, 5) is 14.7. The van der Waals surface area contributed by atoms with Gasteiger partial charge in [-0.3, -0.25) is 9.36 Å². The molecule has 1 aromatic heterocycles. The molecule has 2 aromatic rings. The van der Waals surface area contributed by atoms with Crippen LogP contribution in [0.25, 0.3) is 10.2 Å². The Hall–Kier alpha value is -1.22. The summed E-state index contributed by atoms with van der Waals surface area (Å²) >= 11 is 1.09. The van der Waals surface area contributed by atoms with Gasteiger partial charge in [0.25, 0.3) is 0 Å². The van der Waals surface area contributed by atoms with Gasteiger partial charge in [-0.2, -0.15) is 0 Å². The Morgan fingerprint density at radius 1 is 1.15 bits per heavy atom. The number of likely N-dealkylation sites (tertiary alicyclic amines) is 1. The summed E-state index contributed by atoms with van der Waals surface area (Å²) in [5.41, 5.74) is 0.792. The maximum Gasteiger partial charge on any atom is 0.308 e. The molecular weight excluding hydrogens is 382 g/mol. The fraction of sp³-hybridized carbons (Fsp3) is 0.632. The maximum atomic E-state index is 12.6. The SMILES string of the molecule is CC(C)n1c(=O)sc2cc(S(=O)(=O)NCCCN3CCCCCC3)ccc21.